The van der Waals surface area contributed by atoms with Crippen LogP contribution in [-0.4, -0.2) is 27.3 Å². The molecule has 0 spiro atoms. The van der Waals surface area contributed by atoms with Crippen molar-refractivity contribution in [3.8, 4) is 0 Å². The van der Waals surface area contributed by atoms with E-state index in [0.717, 1.165) is 16.5 Å². The predicted molar refractivity (Wildman–Crippen MR) is 60.4 cm³/mol. The molecule has 84 valence electrons. The summed E-state index contributed by atoms with van der Waals surface area (Å²) in [6, 6.07) is 4.47. The molecule has 1 aromatic carbocycles. The molecule has 0 aliphatic heterocycles. The third kappa shape index (κ3) is 2.00. The van der Waals surface area contributed by atoms with E-state index in [1.54, 1.807) is 18.2 Å². The molecule has 2 aromatic rings. The first-order chi connectivity index (χ1) is 7.58. The molecule has 0 saturated heterocycles. The molecule has 4 N–H and O–H groups in total. The zero-order valence-corrected chi connectivity index (χ0v) is 9.03. The van der Waals surface area contributed by atoms with E-state index in [1.165, 1.54) is 0 Å². The maximum Gasteiger partial charge on any atom is 0.320 e. The monoisotopic (exact) mass is 239 g/mol. The predicted octanol–water partition coefficient (Wildman–Crippen LogP) is 1.17. The van der Waals surface area contributed by atoms with E-state index in [0.29, 0.717) is 5.15 Å². The molecule has 5 nitrogen and oxygen atoms in total. The standard InChI is InChI=1S/C10H10ClN3O2/c11-9-6-3-5(4-7(12)10(15)16)1-2-8(6)13-14-9/h1-3,7H,4,12H2,(H,13,14)(H,15,16). The van der Waals surface area contributed by atoms with Gasteiger partial charge in [-0.05, 0) is 24.1 Å². The number of carboxylic acid groups (broad SMARTS) is 1. The molecule has 0 aliphatic rings. The van der Waals surface area contributed by atoms with Crippen LogP contribution in [0.2, 0.25) is 5.15 Å². The summed E-state index contributed by atoms with van der Waals surface area (Å²) in [5, 5.41) is 16.5. The van der Waals surface area contributed by atoms with Crippen LogP contribution in [0, 0.1) is 0 Å². The largest absolute Gasteiger partial charge is 0.480 e. The van der Waals surface area contributed by atoms with E-state index in [9.17, 15) is 4.79 Å². The Morgan fingerprint density at radius 3 is 3.06 bits per heavy atom. The number of fused-ring (bicyclic) bond motifs is 1. The Kier molecular flexibility index (Phi) is 2.80. The molecule has 2 rings (SSSR count). The molecule has 1 aromatic heterocycles. The van der Waals surface area contributed by atoms with Gasteiger partial charge in [-0.15, -0.1) is 0 Å². The second-order valence-electron chi connectivity index (χ2n) is 3.54. The Labute approximate surface area is 96.2 Å². The van der Waals surface area contributed by atoms with Gasteiger partial charge in [0.2, 0.25) is 0 Å². The van der Waals surface area contributed by atoms with E-state index in [1.807, 2.05) is 0 Å². The number of nitrogens with two attached hydrogens (primary N) is 1. The van der Waals surface area contributed by atoms with Crippen molar-refractivity contribution in [2.75, 3.05) is 0 Å². The van der Waals surface area contributed by atoms with Crippen molar-refractivity contribution >= 4 is 28.5 Å². The summed E-state index contributed by atoms with van der Waals surface area (Å²) in [5.74, 6) is -1.02. The van der Waals surface area contributed by atoms with Crippen LogP contribution in [0.15, 0.2) is 18.2 Å². The van der Waals surface area contributed by atoms with Crippen LogP contribution in [0.3, 0.4) is 0 Å². The van der Waals surface area contributed by atoms with Crippen molar-refractivity contribution in [2.45, 2.75) is 12.5 Å². The van der Waals surface area contributed by atoms with Crippen molar-refractivity contribution < 1.29 is 9.90 Å². The fraction of sp³-hybridized carbons (Fsp3) is 0.200. The van der Waals surface area contributed by atoms with Crippen LogP contribution in [-0.2, 0) is 11.2 Å². The lowest BCUT2D eigenvalue weighted by Crippen LogP contribution is -2.32. The highest BCUT2D eigenvalue weighted by atomic mass is 35.5. The molecular weight excluding hydrogens is 230 g/mol. The molecule has 0 saturated carbocycles. The topological polar surface area (TPSA) is 92.0 Å². The number of aliphatic carboxylic acids is 1. The number of hydrogen-bond acceptors (Lipinski definition) is 3. The number of halogens is 1. The second-order valence-corrected chi connectivity index (χ2v) is 3.92. The lowest BCUT2D eigenvalue weighted by Gasteiger charge is -2.05. The number of nitrogens with zero attached hydrogens (tertiary/aromatic N) is 1. The fourth-order valence-electron chi connectivity index (χ4n) is 1.49. The lowest BCUT2D eigenvalue weighted by atomic mass is 10.1. The van der Waals surface area contributed by atoms with Crippen molar-refractivity contribution in [3.63, 3.8) is 0 Å². The maximum absolute atomic E-state index is 10.6. The van der Waals surface area contributed by atoms with E-state index in [4.69, 9.17) is 22.4 Å². The van der Waals surface area contributed by atoms with Crippen LogP contribution in [0.1, 0.15) is 5.56 Å². The number of benzene rings is 1. The van der Waals surface area contributed by atoms with Gasteiger partial charge in [-0.2, -0.15) is 5.10 Å². The van der Waals surface area contributed by atoms with Crippen molar-refractivity contribution in [1.82, 2.24) is 10.2 Å². The minimum atomic E-state index is -1.02. The summed E-state index contributed by atoms with van der Waals surface area (Å²) in [6.07, 6.45) is 0.271. The van der Waals surface area contributed by atoms with Crippen LogP contribution in [0.4, 0.5) is 0 Å². The first-order valence-corrected chi connectivity index (χ1v) is 5.06. The van der Waals surface area contributed by atoms with Gasteiger partial charge >= 0.3 is 5.97 Å². The Morgan fingerprint density at radius 2 is 2.38 bits per heavy atom. The van der Waals surface area contributed by atoms with Crippen molar-refractivity contribution in [2.24, 2.45) is 5.73 Å². The van der Waals surface area contributed by atoms with E-state index < -0.39 is 12.0 Å². The quantitative estimate of drug-likeness (QED) is 0.750. The number of hydrogen-bond donors (Lipinski definition) is 3. The summed E-state index contributed by atoms with van der Waals surface area (Å²) >= 11 is 5.88. The molecule has 0 fully saturated rings. The fourth-order valence-corrected chi connectivity index (χ4v) is 1.69. The minimum absolute atomic E-state index is 0.271. The van der Waals surface area contributed by atoms with Gasteiger partial charge in [-0.3, -0.25) is 9.89 Å². The summed E-state index contributed by atoms with van der Waals surface area (Å²) in [4.78, 5) is 10.6. The van der Waals surface area contributed by atoms with E-state index in [2.05, 4.69) is 10.2 Å². The highest BCUT2D eigenvalue weighted by Gasteiger charge is 2.13. The molecule has 6 heteroatoms. The van der Waals surface area contributed by atoms with E-state index >= 15 is 0 Å². The van der Waals surface area contributed by atoms with Crippen LogP contribution in [0.25, 0.3) is 10.9 Å². The molecule has 0 aliphatic carbocycles. The first-order valence-electron chi connectivity index (χ1n) is 4.69. The average Bonchev–Trinajstić information content (AvgIpc) is 2.60. The molecule has 0 radical (unpaired) electrons. The smallest absolute Gasteiger partial charge is 0.320 e. The zero-order chi connectivity index (χ0) is 11.7. The maximum atomic E-state index is 10.6. The Balaban J connectivity index is 2.32. The number of rotatable bonds is 3. The lowest BCUT2D eigenvalue weighted by molar-refractivity contribution is -0.138. The van der Waals surface area contributed by atoms with Crippen LogP contribution >= 0.6 is 11.6 Å². The van der Waals surface area contributed by atoms with Crippen molar-refractivity contribution in [3.05, 3.63) is 28.9 Å². The molecule has 0 amide bonds. The van der Waals surface area contributed by atoms with Gasteiger partial charge < -0.3 is 10.8 Å². The number of carbonyl (C=O) groups is 1. The molecular formula is C10H10ClN3O2. The summed E-state index contributed by atoms with van der Waals surface area (Å²) in [6.45, 7) is 0. The number of aromatic amines is 1. The molecule has 1 unspecified atom stereocenters. The third-order valence-corrected chi connectivity index (χ3v) is 2.63. The van der Waals surface area contributed by atoms with Gasteiger partial charge in [0.1, 0.15) is 11.2 Å². The van der Waals surface area contributed by atoms with Gasteiger partial charge in [0.25, 0.3) is 0 Å². The summed E-state index contributed by atoms with van der Waals surface area (Å²) in [5.41, 5.74) is 7.02. The van der Waals surface area contributed by atoms with E-state index in [-0.39, 0.29) is 6.42 Å². The number of carboxylic acids is 1. The highest BCUT2D eigenvalue weighted by molar-refractivity contribution is 6.34. The molecule has 1 atom stereocenters. The van der Waals surface area contributed by atoms with Crippen molar-refractivity contribution in [1.29, 1.82) is 0 Å². The SMILES string of the molecule is NC(Cc1ccc2n[nH]c(Cl)c2c1)C(=O)O. The summed E-state index contributed by atoms with van der Waals surface area (Å²) in [7, 11) is 0. The molecule has 1 heterocycles. The van der Waals surface area contributed by atoms with Gasteiger partial charge in [0.05, 0.1) is 5.52 Å². The number of nitrogens with one attached hydrogen (secondary N) is 1. The van der Waals surface area contributed by atoms with Crippen LogP contribution < -0.4 is 5.73 Å². The Bertz CT molecular complexity index is 538. The van der Waals surface area contributed by atoms with Gasteiger partial charge in [-0.1, -0.05) is 17.7 Å². The molecule has 0 bridgehead atoms. The van der Waals surface area contributed by atoms with Gasteiger partial charge in [-0.25, -0.2) is 0 Å². The zero-order valence-electron chi connectivity index (χ0n) is 8.27. The normalized spacial score (nSPS) is 12.9. The highest BCUT2D eigenvalue weighted by Crippen LogP contribution is 2.21. The molecule has 16 heavy (non-hydrogen) atoms. The Morgan fingerprint density at radius 1 is 1.62 bits per heavy atom. The second kappa shape index (κ2) is 4.11. The number of H-pyrrole nitrogens is 1. The first kappa shape index (κ1) is 10.9. The van der Waals surface area contributed by atoms with Crippen LogP contribution in [0.5, 0.6) is 0 Å². The minimum Gasteiger partial charge on any atom is -0.480 e. The Hall–Kier alpha value is -1.59. The third-order valence-electron chi connectivity index (χ3n) is 2.34. The van der Waals surface area contributed by atoms with Gasteiger partial charge in [0, 0.05) is 5.39 Å². The number of aromatic nitrogens is 2. The average molecular weight is 240 g/mol. The van der Waals surface area contributed by atoms with Gasteiger partial charge in [0.15, 0.2) is 0 Å². The summed E-state index contributed by atoms with van der Waals surface area (Å²) < 4.78 is 0.